The van der Waals surface area contributed by atoms with Crippen molar-refractivity contribution in [2.24, 2.45) is 0 Å². The summed E-state index contributed by atoms with van der Waals surface area (Å²) in [5.74, 6) is -0.410. The lowest BCUT2D eigenvalue weighted by Crippen LogP contribution is -2.44. The zero-order valence-electron chi connectivity index (χ0n) is 16.0. The van der Waals surface area contributed by atoms with Gasteiger partial charge in [0.1, 0.15) is 17.4 Å². The zero-order chi connectivity index (χ0) is 20.4. The van der Waals surface area contributed by atoms with Crippen molar-refractivity contribution in [1.82, 2.24) is 0 Å². The number of benzene rings is 1. The molecule has 0 aliphatic rings. The number of aliphatic hydroxyl groups is 2. The first-order valence-electron chi connectivity index (χ1n) is 8.44. The third kappa shape index (κ3) is 4.56. The second kappa shape index (κ2) is 7.94. The summed E-state index contributed by atoms with van der Waals surface area (Å²) < 4.78 is 15.8. The smallest absolute Gasteiger partial charge is 0.336 e. The van der Waals surface area contributed by atoms with Gasteiger partial charge in [-0.25, -0.2) is 9.59 Å². The molecule has 0 unspecified atom stereocenters. The Morgan fingerprint density at radius 2 is 1.96 bits per heavy atom. The molecule has 0 fully saturated rings. The van der Waals surface area contributed by atoms with Crippen LogP contribution in [0.25, 0.3) is 11.0 Å². The molecule has 0 bridgehead atoms. The van der Waals surface area contributed by atoms with E-state index in [2.05, 4.69) is 0 Å². The third-order valence-corrected chi connectivity index (χ3v) is 4.26. The predicted molar refractivity (Wildman–Crippen MR) is 99.6 cm³/mol. The fraction of sp³-hybridized carbons (Fsp3) is 0.400. The van der Waals surface area contributed by atoms with Crippen molar-refractivity contribution < 1.29 is 28.9 Å². The van der Waals surface area contributed by atoms with Crippen molar-refractivity contribution in [3.63, 3.8) is 0 Å². The lowest BCUT2D eigenvalue weighted by molar-refractivity contribution is -0.172. The topological polar surface area (TPSA) is 106 Å². The minimum Gasteiger partial charge on any atom is -0.496 e. The van der Waals surface area contributed by atoms with Crippen molar-refractivity contribution in [2.75, 3.05) is 7.11 Å². The number of rotatable bonds is 6. The number of allylic oxidation sites excluding steroid dienone is 1. The van der Waals surface area contributed by atoms with E-state index < -0.39 is 29.4 Å². The molecule has 0 aliphatic carbocycles. The minimum absolute atomic E-state index is 0.234. The second-order valence-electron chi connectivity index (χ2n) is 6.78. The quantitative estimate of drug-likeness (QED) is 0.453. The van der Waals surface area contributed by atoms with E-state index in [1.54, 1.807) is 32.1 Å². The Morgan fingerprint density at radius 3 is 2.52 bits per heavy atom. The number of aliphatic hydroxyl groups excluding tert-OH is 1. The van der Waals surface area contributed by atoms with Crippen LogP contribution in [-0.2, 0) is 9.53 Å². The molecule has 7 heteroatoms. The Hall–Kier alpha value is -2.64. The highest BCUT2D eigenvalue weighted by molar-refractivity contribution is 5.88. The Labute approximate surface area is 156 Å². The maximum Gasteiger partial charge on any atom is 0.336 e. The molecule has 0 saturated carbocycles. The number of hydrogen-bond acceptors (Lipinski definition) is 7. The van der Waals surface area contributed by atoms with Crippen LogP contribution < -0.4 is 10.4 Å². The van der Waals surface area contributed by atoms with E-state index >= 15 is 0 Å². The first-order chi connectivity index (χ1) is 12.6. The number of methoxy groups -OCH3 is 1. The summed E-state index contributed by atoms with van der Waals surface area (Å²) in [4.78, 5) is 23.6. The maximum atomic E-state index is 12.2. The molecule has 1 heterocycles. The van der Waals surface area contributed by atoms with E-state index in [1.807, 2.05) is 0 Å². The number of fused-ring (bicyclic) bond motifs is 1. The fourth-order valence-electron chi connectivity index (χ4n) is 2.61. The first kappa shape index (κ1) is 20.7. The van der Waals surface area contributed by atoms with Crippen LogP contribution in [0.15, 0.2) is 45.1 Å². The molecular weight excluding hydrogens is 352 g/mol. The molecule has 0 saturated heterocycles. The standard InChI is InChI=1S/C20H24O7/c1-6-11(2)19(23)27-18(20(3,4)24)17(22)13-9-12-7-8-16(21)26-14(12)10-15(13)25-5/h6-10,17-18,22,24H,1-5H3/b11-6+/t17-,18-/m1/s1. The molecule has 2 N–H and O–H groups in total. The van der Waals surface area contributed by atoms with Gasteiger partial charge in [0.25, 0.3) is 0 Å². The molecule has 0 amide bonds. The monoisotopic (exact) mass is 376 g/mol. The normalized spacial score (nSPS) is 14.7. The van der Waals surface area contributed by atoms with E-state index in [9.17, 15) is 19.8 Å². The number of esters is 1. The largest absolute Gasteiger partial charge is 0.496 e. The molecule has 2 rings (SSSR count). The molecule has 1 aromatic heterocycles. The van der Waals surface area contributed by atoms with E-state index in [-0.39, 0.29) is 16.9 Å². The lowest BCUT2D eigenvalue weighted by Gasteiger charge is -2.33. The highest BCUT2D eigenvalue weighted by Crippen LogP contribution is 2.35. The Balaban J connectivity index is 2.53. The predicted octanol–water partition coefficient (Wildman–Crippen LogP) is 2.48. The van der Waals surface area contributed by atoms with Crippen LogP contribution in [0.2, 0.25) is 0 Å². The lowest BCUT2D eigenvalue weighted by atomic mass is 9.91. The summed E-state index contributed by atoms with van der Waals surface area (Å²) >= 11 is 0. The molecule has 2 atom stereocenters. The van der Waals surface area contributed by atoms with Gasteiger partial charge < -0.3 is 24.1 Å². The van der Waals surface area contributed by atoms with E-state index in [0.717, 1.165) is 0 Å². The van der Waals surface area contributed by atoms with Crippen LogP contribution in [0.5, 0.6) is 5.75 Å². The molecule has 7 nitrogen and oxygen atoms in total. The molecular formula is C20H24O7. The molecule has 0 radical (unpaired) electrons. The van der Waals surface area contributed by atoms with Crippen molar-refractivity contribution in [3.05, 3.63) is 51.9 Å². The van der Waals surface area contributed by atoms with Crippen molar-refractivity contribution in [1.29, 1.82) is 0 Å². The van der Waals surface area contributed by atoms with Gasteiger partial charge in [-0.1, -0.05) is 6.08 Å². The van der Waals surface area contributed by atoms with E-state index in [1.165, 1.54) is 33.1 Å². The zero-order valence-corrected chi connectivity index (χ0v) is 16.0. The number of carbonyl (C=O) groups is 1. The van der Waals surface area contributed by atoms with Crippen LogP contribution in [0.1, 0.15) is 39.4 Å². The van der Waals surface area contributed by atoms with Gasteiger partial charge in [0.2, 0.25) is 0 Å². The van der Waals surface area contributed by atoms with Crippen LogP contribution in [0, 0.1) is 0 Å². The van der Waals surface area contributed by atoms with Gasteiger partial charge in [0.05, 0.1) is 12.7 Å². The second-order valence-corrected chi connectivity index (χ2v) is 6.78. The van der Waals surface area contributed by atoms with Gasteiger partial charge in [-0.3, -0.25) is 0 Å². The van der Waals surface area contributed by atoms with Gasteiger partial charge in [-0.05, 0) is 39.8 Å². The first-order valence-corrected chi connectivity index (χ1v) is 8.44. The average Bonchev–Trinajstić information content (AvgIpc) is 2.62. The summed E-state index contributed by atoms with van der Waals surface area (Å²) in [7, 11) is 1.40. The SMILES string of the molecule is C/C=C(\C)C(=O)O[C@H]([C@H](O)c1cc2ccc(=O)oc2cc1OC)C(C)(C)O. The molecule has 27 heavy (non-hydrogen) atoms. The molecule has 0 aliphatic heterocycles. The van der Waals surface area contributed by atoms with Crippen molar-refractivity contribution in [3.8, 4) is 5.75 Å². The fourth-order valence-corrected chi connectivity index (χ4v) is 2.61. The van der Waals surface area contributed by atoms with Gasteiger partial charge in [-0.15, -0.1) is 0 Å². The van der Waals surface area contributed by atoms with Gasteiger partial charge in [0.15, 0.2) is 6.10 Å². The summed E-state index contributed by atoms with van der Waals surface area (Å²) in [5.41, 5.74) is -1.12. The Bertz CT molecular complexity index is 918. The van der Waals surface area contributed by atoms with Gasteiger partial charge in [0, 0.05) is 28.7 Å². The third-order valence-electron chi connectivity index (χ3n) is 4.26. The Morgan fingerprint density at radius 1 is 1.30 bits per heavy atom. The van der Waals surface area contributed by atoms with E-state index in [0.29, 0.717) is 11.0 Å². The number of carbonyl (C=O) groups excluding carboxylic acids is 1. The summed E-state index contributed by atoms with van der Waals surface area (Å²) in [6.07, 6.45) is -1.07. The Kier molecular flexibility index (Phi) is 6.08. The molecule has 146 valence electrons. The molecule has 2 aromatic rings. The van der Waals surface area contributed by atoms with Crippen LogP contribution in [0.4, 0.5) is 0 Å². The maximum absolute atomic E-state index is 12.2. The number of hydrogen-bond donors (Lipinski definition) is 2. The van der Waals surface area contributed by atoms with Crippen LogP contribution in [-0.4, -0.2) is 35.0 Å². The number of ether oxygens (including phenoxy) is 2. The summed E-state index contributed by atoms with van der Waals surface area (Å²) in [6.45, 7) is 6.14. The summed E-state index contributed by atoms with van der Waals surface area (Å²) in [5, 5.41) is 21.9. The van der Waals surface area contributed by atoms with Gasteiger partial charge in [-0.2, -0.15) is 0 Å². The van der Waals surface area contributed by atoms with E-state index in [4.69, 9.17) is 13.9 Å². The van der Waals surface area contributed by atoms with Crippen molar-refractivity contribution in [2.45, 2.75) is 45.5 Å². The van der Waals surface area contributed by atoms with Crippen LogP contribution in [0.3, 0.4) is 0 Å². The highest BCUT2D eigenvalue weighted by atomic mass is 16.6. The summed E-state index contributed by atoms with van der Waals surface area (Å²) in [6, 6.07) is 5.84. The van der Waals surface area contributed by atoms with Crippen LogP contribution >= 0.6 is 0 Å². The highest BCUT2D eigenvalue weighted by Gasteiger charge is 2.39. The van der Waals surface area contributed by atoms with Gasteiger partial charge >= 0.3 is 11.6 Å². The van der Waals surface area contributed by atoms with Crippen molar-refractivity contribution >= 4 is 16.9 Å². The molecule has 1 aromatic carbocycles. The minimum atomic E-state index is -1.54. The molecule has 0 spiro atoms. The average molecular weight is 376 g/mol.